The third-order valence-electron chi connectivity index (χ3n) is 4.09. The van der Waals surface area contributed by atoms with Gasteiger partial charge in [0, 0.05) is 22.0 Å². The Morgan fingerprint density at radius 1 is 1.04 bits per heavy atom. The lowest BCUT2D eigenvalue weighted by molar-refractivity contribution is 0.995. The summed E-state index contributed by atoms with van der Waals surface area (Å²) >= 11 is 1.59. The molecule has 130 valence electrons. The van der Waals surface area contributed by atoms with E-state index in [-0.39, 0.29) is 0 Å². The first-order valence-electron chi connectivity index (χ1n) is 8.54. The number of aromatic amines is 1. The maximum atomic E-state index is 4.76. The number of aromatic nitrogens is 4. The molecule has 0 unspecified atom stereocenters. The molecule has 2 aromatic carbocycles. The average Bonchev–Trinajstić information content (AvgIpc) is 3.07. The van der Waals surface area contributed by atoms with E-state index >= 15 is 0 Å². The van der Waals surface area contributed by atoms with Gasteiger partial charge in [-0.2, -0.15) is 5.10 Å². The number of aryl methyl sites for hydroxylation is 2. The van der Waals surface area contributed by atoms with Crippen LogP contribution in [0.5, 0.6) is 0 Å². The number of hydrogen-bond acceptors (Lipinski definition) is 5. The van der Waals surface area contributed by atoms with Gasteiger partial charge in [-0.3, -0.25) is 5.10 Å². The lowest BCUT2D eigenvalue weighted by Gasteiger charge is -2.10. The Hall–Kier alpha value is -2.86. The Bertz CT molecular complexity index is 1060. The molecular weight excluding hydrogens is 342 g/mol. The first kappa shape index (κ1) is 16.6. The third-order valence-corrected chi connectivity index (χ3v) is 5.07. The zero-order valence-electron chi connectivity index (χ0n) is 14.7. The Labute approximate surface area is 156 Å². The summed E-state index contributed by atoms with van der Waals surface area (Å²) in [5.74, 6) is 1.51. The number of nitrogens with one attached hydrogen (secondary N) is 2. The van der Waals surface area contributed by atoms with E-state index in [0.717, 1.165) is 39.8 Å². The summed E-state index contributed by atoms with van der Waals surface area (Å²) in [5, 5.41) is 12.2. The first-order chi connectivity index (χ1) is 12.7. The number of benzene rings is 2. The van der Waals surface area contributed by atoms with Crippen LogP contribution in [0.4, 0.5) is 11.6 Å². The van der Waals surface area contributed by atoms with Gasteiger partial charge in [0.25, 0.3) is 0 Å². The Morgan fingerprint density at radius 2 is 1.85 bits per heavy atom. The summed E-state index contributed by atoms with van der Waals surface area (Å²) in [5.41, 5.74) is 3.21. The highest BCUT2D eigenvalue weighted by Crippen LogP contribution is 2.32. The summed E-state index contributed by atoms with van der Waals surface area (Å²) in [6.45, 7) is 4.13. The van der Waals surface area contributed by atoms with Crippen LogP contribution in [0, 0.1) is 6.92 Å². The Kier molecular flexibility index (Phi) is 4.58. The van der Waals surface area contributed by atoms with Crippen molar-refractivity contribution in [3.05, 3.63) is 65.9 Å². The van der Waals surface area contributed by atoms with Gasteiger partial charge in [0.15, 0.2) is 11.0 Å². The van der Waals surface area contributed by atoms with Gasteiger partial charge in [-0.15, -0.1) is 0 Å². The lowest BCUT2D eigenvalue weighted by atomic mass is 10.2. The van der Waals surface area contributed by atoms with Crippen molar-refractivity contribution in [2.24, 2.45) is 0 Å². The Balaban J connectivity index is 1.76. The number of hydrogen-bond donors (Lipinski definition) is 2. The maximum Gasteiger partial charge on any atom is 0.195 e. The van der Waals surface area contributed by atoms with Crippen LogP contribution in [0.15, 0.2) is 64.6 Å². The minimum atomic E-state index is 0.722. The van der Waals surface area contributed by atoms with Crippen LogP contribution < -0.4 is 5.32 Å². The number of fused-ring (bicyclic) bond motifs is 1. The van der Waals surface area contributed by atoms with E-state index in [1.54, 1.807) is 11.8 Å². The normalized spacial score (nSPS) is 11.0. The molecule has 0 aliphatic heterocycles. The molecule has 0 spiro atoms. The molecule has 0 saturated carbocycles. The molecule has 4 rings (SSSR count). The van der Waals surface area contributed by atoms with Gasteiger partial charge in [0.05, 0.1) is 5.52 Å². The monoisotopic (exact) mass is 361 g/mol. The molecule has 0 radical (unpaired) electrons. The molecule has 2 heterocycles. The van der Waals surface area contributed by atoms with E-state index in [9.17, 15) is 0 Å². The molecule has 26 heavy (non-hydrogen) atoms. The van der Waals surface area contributed by atoms with E-state index in [1.807, 2.05) is 43.3 Å². The van der Waals surface area contributed by atoms with Gasteiger partial charge in [-0.25, -0.2) is 9.97 Å². The minimum absolute atomic E-state index is 0.722. The second-order valence-corrected chi connectivity index (χ2v) is 7.01. The summed E-state index contributed by atoms with van der Waals surface area (Å²) in [6, 6.07) is 18.3. The van der Waals surface area contributed by atoms with Gasteiger partial charge in [-0.05, 0) is 48.9 Å². The van der Waals surface area contributed by atoms with Gasteiger partial charge in [0.2, 0.25) is 0 Å². The molecule has 0 aliphatic carbocycles. The fraction of sp³-hybridized carbons (Fsp3) is 0.150. The van der Waals surface area contributed by atoms with Crippen molar-refractivity contribution in [2.45, 2.75) is 30.3 Å². The van der Waals surface area contributed by atoms with Crippen LogP contribution in [0.2, 0.25) is 0 Å². The fourth-order valence-corrected chi connectivity index (χ4v) is 3.76. The van der Waals surface area contributed by atoms with Gasteiger partial charge >= 0.3 is 0 Å². The molecule has 0 fully saturated rings. The summed E-state index contributed by atoms with van der Waals surface area (Å²) < 4.78 is 0. The Morgan fingerprint density at radius 3 is 2.65 bits per heavy atom. The molecule has 0 aliphatic rings. The molecule has 0 saturated heterocycles. The predicted molar refractivity (Wildman–Crippen MR) is 106 cm³/mol. The first-order valence-corrected chi connectivity index (χ1v) is 9.36. The largest absolute Gasteiger partial charge is 0.323 e. The third kappa shape index (κ3) is 3.41. The van der Waals surface area contributed by atoms with Crippen LogP contribution >= 0.6 is 11.8 Å². The summed E-state index contributed by atoms with van der Waals surface area (Å²) in [7, 11) is 0. The summed E-state index contributed by atoms with van der Waals surface area (Å²) in [4.78, 5) is 10.7. The quantitative estimate of drug-likeness (QED) is 0.483. The van der Waals surface area contributed by atoms with E-state index in [4.69, 9.17) is 9.97 Å². The van der Waals surface area contributed by atoms with E-state index in [1.165, 1.54) is 10.5 Å². The second-order valence-electron chi connectivity index (χ2n) is 6.00. The van der Waals surface area contributed by atoms with Crippen molar-refractivity contribution < 1.29 is 0 Å². The smallest absolute Gasteiger partial charge is 0.195 e. The van der Waals surface area contributed by atoms with Gasteiger partial charge in [-0.1, -0.05) is 37.3 Å². The van der Waals surface area contributed by atoms with Crippen molar-refractivity contribution in [3.63, 3.8) is 0 Å². The molecule has 0 bridgehead atoms. The van der Waals surface area contributed by atoms with Crippen LogP contribution in [0.3, 0.4) is 0 Å². The molecule has 0 amide bonds. The molecular formula is C20H19N5S. The SMILES string of the molecule is CCc1ccccc1Sc1nc(Nc2cc(C)[nH]n2)c2ccccc2n1. The number of nitrogens with zero attached hydrogens (tertiary/aromatic N) is 3. The number of para-hydroxylation sites is 1. The number of anilines is 2. The molecule has 0 atom stereocenters. The lowest BCUT2D eigenvalue weighted by Crippen LogP contribution is -1.99. The highest BCUT2D eigenvalue weighted by molar-refractivity contribution is 7.99. The zero-order chi connectivity index (χ0) is 17.9. The number of rotatable bonds is 5. The van der Waals surface area contributed by atoms with E-state index in [0.29, 0.717) is 0 Å². The fourth-order valence-electron chi connectivity index (χ4n) is 2.79. The molecule has 4 aromatic rings. The van der Waals surface area contributed by atoms with Crippen molar-refractivity contribution in [1.29, 1.82) is 0 Å². The van der Waals surface area contributed by atoms with Crippen molar-refractivity contribution in [2.75, 3.05) is 5.32 Å². The maximum absolute atomic E-state index is 4.76. The van der Waals surface area contributed by atoms with Crippen LogP contribution in [0.1, 0.15) is 18.2 Å². The van der Waals surface area contributed by atoms with Crippen molar-refractivity contribution >= 4 is 34.3 Å². The molecule has 5 nitrogen and oxygen atoms in total. The van der Waals surface area contributed by atoms with E-state index in [2.05, 4.69) is 40.6 Å². The van der Waals surface area contributed by atoms with Crippen molar-refractivity contribution in [1.82, 2.24) is 20.2 Å². The van der Waals surface area contributed by atoms with Gasteiger partial charge < -0.3 is 5.32 Å². The van der Waals surface area contributed by atoms with Crippen LogP contribution in [-0.4, -0.2) is 20.2 Å². The molecule has 2 aromatic heterocycles. The zero-order valence-corrected chi connectivity index (χ0v) is 15.5. The topological polar surface area (TPSA) is 66.5 Å². The predicted octanol–water partition coefficient (Wildman–Crippen LogP) is 5.12. The van der Waals surface area contributed by atoms with Crippen LogP contribution in [0.25, 0.3) is 10.9 Å². The van der Waals surface area contributed by atoms with E-state index < -0.39 is 0 Å². The average molecular weight is 361 g/mol. The second kappa shape index (κ2) is 7.17. The highest BCUT2D eigenvalue weighted by Gasteiger charge is 2.11. The van der Waals surface area contributed by atoms with Crippen LogP contribution in [-0.2, 0) is 6.42 Å². The standard InChI is InChI=1S/C20H19N5S/c1-3-14-8-4-7-11-17(14)26-20-21-16-10-6-5-9-15(16)19(23-20)22-18-12-13(2)24-25-18/h4-12H,3H2,1-2H3,(H2,21,22,23,24,25). The van der Waals surface area contributed by atoms with Crippen molar-refractivity contribution in [3.8, 4) is 0 Å². The number of H-pyrrole nitrogens is 1. The highest BCUT2D eigenvalue weighted by atomic mass is 32.2. The summed E-state index contributed by atoms with van der Waals surface area (Å²) in [6.07, 6.45) is 0.981. The molecule has 6 heteroatoms. The molecule has 2 N–H and O–H groups in total. The minimum Gasteiger partial charge on any atom is -0.323 e. The van der Waals surface area contributed by atoms with Gasteiger partial charge in [0.1, 0.15) is 5.82 Å².